The lowest BCUT2D eigenvalue weighted by atomic mass is 10.2. The van der Waals surface area contributed by atoms with E-state index in [1.54, 1.807) is 6.20 Å². The summed E-state index contributed by atoms with van der Waals surface area (Å²) in [6.45, 7) is 3.96. The molecule has 2 rings (SSSR count). The van der Waals surface area contributed by atoms with Crippen LogP contribution < -0.4 is 10.6 Å². The fraction of sp³-hybridized carbons (Fsp3) is 0.400. The standard InChI is InChI=1S/C15H22N6/c1-12-5-7-13(8-6-12)18-15-19-14(11-17-20-15)16-9-4-10-21(2)3/h5-8,11H,4,9-10H2,1-3H3,(H2,16,18,19,20). The van der Waals surface area contributed by atoms with Gasteiger partial charge in [-0.3, -0.25) is 0 Å². The molecule has 0 atom stereocenters. The lowest BCUT2D eigenvalue weighted by Crippen LogP contribution is -2.16. The van der Waals surface area contributed by atoms with Gasteiger partial charge in [0.1, 0.15) is 0 Å². The Labute approximate surface area is 125 Å². The zero-order valence-corrected chi connectivity index (χ0v) is 12.8. The summed E-state index contributed by atoms with van der Waals surface area (Å²) in [5.41, 5.74) is 2.17. The number of hydrogen-bond donors (Lipinski definition) is 2. The van der Waals surface area contributed by atoms with Crippen molar-refractivity contribution in [3.8, 4) is 0 Å². The van der Waals surface area contributed by atoms with Crippen LogP contribution in [0, 0.1) is 6.92 Å². The third-order valence-electron chi connectivity index (χ3n) is 2.95. The average Bonchev–Trinajstić information content (AvgIpc) is 2.46. The Morgan fingerprint density at radius 2 is 1.90 bits per heavy atom. The molecule has 0 amide bonds. The van der Waals surface area contributed by atoms with E-state index in [4.69, 9.17) is 0 Å². The molecule has 1 heterocycles. The lowest BCUT2D eigenvalue weighted by Gasteiger charge is -2.10. The minimum atomic E-state index is 0.497. The van der Waals surface area contributed by atoms with Crippen molar-refractivity contribution in [3.05, 3.63) is 36.0 Å². The predicted octanol–water partition coefficient (Wildman–Crippen LogP) is 2.29. The Hall–Kier alpha value is -2.21. The molecule has 0 bridgehead atoms. The van der Waals surface area contributed by atoms with Crippen molar-refractivity contribution in [3.63, 3.8) is 0 Å². The third-order valence-corrected chi connectivity index (χ3v) is 2.95. The number of nitrogens with zero attached hydrogens (tertiary/aromatic N) is 4. The maximum atomic E-state index is 4.40. The highest BCUT2D eigenvalue weighted by molar-refractivity contribution is 5.54. The van der Waals surface area contributed by atoms with E-state index in [0.29, 0.717) is 5.95 Å². The summed E-state index contributed by atoms with van der Waals surface area (Å²) in [5.74, 6) is 1.23. The first kappa shape index (κ1) is 15.2. The number of anilines is 3. The molecule has 2 aromatic rings. The van der Waals surface area contributed by atoms with Crippen LogP contribution in [0.25, 0.3) is 0 Å². The SMILES string of the molecule is Cc1ccc(Nc2nncc(NCCCN(C)C)n2)cc1. The molecule has 1 aromatic carbocycles. The molecule has 0 saturated carbocycles. The van der Waals surface area contributed by atoms with Crippen molar-refractivity contribution in [2.45, 2.75) is 13.3 Å². The van der Waals surface area contributed by atoms with Crippen molar-refractivity contribution in [2.24, 2.45) is 0 Å². The summed E-state index contributed by atoms with van der Waals surface area (Å²) in [4.78, 5) is 6.55. The first-order valence-corrected chi connectivity index (χ1v) is 7.05. The third kappa shape index (κ3) is 5.35. The Morgan fingerprint density at radius 1 is 1.14 bits per heavy atom. The van der Waals surface area contributed by atoms with Crippen LogP contribution in [0.15, 0.2) is 30.5 Å². The van der Waals surface area contributed by atoms with Gasteiger partial charge < -0.3 is 15.5 Å². The molecule has 21 heavy (non-hydrogen) atoms. The number of aromatic nitrogens is 3. The quantitative estimate of drug-likeness (QED) is 0.761. The molecular weight excluding hydrogens is 264 g/mol. The minimum absolute atomic E-state index is 0.497. The average molecular weight is 286 g/mol. The van der Waals surface area contributed by atoms with Crippen molar-refractivity contribution in [1.29, 1.82) is 0 Å². The number of hydrogen-bond acceptors (Lipinski definition) is 6. The van der Waals surface area contributed by atoms with Crippen LogP contribution in [0.2, 0.25) is 0 Å². The summed E-state index contributed by atoms with van der Waals surface area (Å²) in [5, 5.41) is 14.4. The van der Waals surface area contributed by atoms with E-state index in [1.807, 2.05) is 24.3 Å². The Bertz CT molecular complexity index is 552. The van der Waals surface area contributed by atoms with Crippen molar-refractivity contribution in [1.82, 2.24) is 20.1 Å². The van der Waals surface area contributed by atoms with Gasteiger partial charge >= 0.3 is 0 Å². The summed E-state index contributed by atoms with van der Waals surface area (Å²) >= 11 is 0. The van der Waals surface area contributed by atoms with Crippen molar-refractivity contribution in [2.75, 3.05) is 37.8 Å². The number of benzene rings is 1. The van der Waals surface area contributed by atoms with E-state index in [9.17, 15) is 0 Å². The minimum Gasteiger partial charge on any atom is -0.369 e. The topological polar surface area (TPSA) is 66.0 Å². The van der Waals surface area contributed by atoms with E-state index in [0.717, 1.165) is 31.0 Å². The van der Waals surface area contributed by atoms with Crippen LogP contribution in [0.3, 0.4) is 0 Å². The summed E-state index contributed by atoms with van der Waals surface area (Å²) in [6, 6.07) is 8.07. The normalized spacial score (nSPS) is 10.7. The maximum absolute atomic E-state index is 4.40. The molecule has 0 spiro atoms. The smallest absolute Gasteiger partial charge is 0.249 e. The van der Waals surface area contributed by atoms with Gasteiger partial charge in [-0.15, -0.1) is 5.10 Å². The molecular formula is C15H22N6. The zero-order chi connectivity index (χ0) is 15.1. The van der Waals surface area contributed by atoms with Gasteiger partial charge in [-0.2, -0.15) is 10.1 Å². The van der Waals surface area contributed by atoms with Gasteiger partial charge in [0, 0.05) is 12.2 Å². The molecule has 0 radical (unpaired) electrons. The fourth-order valence-corrected chi connectivity index (χ4v) is 1.82. The van der Waals surface area contributed by atoms with Crippen LogP contribution >= 0.6 is 0 Å². The van der Waals surface area contributed by atoms with Crippen LogP contribution in [-0.4, -0.2) is 47.3 Å². The number of rotatable bonds is 7. The molecule has 0 fully saturated rings. The molecule has 0 saturated heterocycles. The fourth-order valence-electron chi connectivity index (χ4n) is 1.82. The molecule has 0 aliphatic heterocycles. The van der Waals surface area contributed by atoms with Crippen LogP contribution in [0.5, 0.6) is 0 Å². The van der Waals surface area contributed by atoms with Gasteiger partial charge in [0.05, 0.1) is 6.20 Å². The second-order valence-corrected chi connectivity index (χ2v) is 5.24. The van der Waals surface area contributed by atoms with Gasteiger partial charge in [0.15, 0.2) is 5.82 Å². The molecule has 1 aromatic heterocycles. The molecule has 0 unspecified atom stereocenters. The largest absolute Gasteiger partial charge is 0.369 e. The van der Waals surface area contributed by atoms with Gasteiger partial charge in [-0.05, 0) is 46.1 Å². The van der Waals surface area contributed by atoms with Gasteiger partial charge in [-0.25, -0.2) is 0 Å². The molecule has 0 aliphatic carbocycles. The van der Waals surface area contributed by atoms with Crippen molar-refractivity contribution >= 4 is 17.5 Å². The molecule has 6 nitrogen and oxygen atoms in total. The molecule has 2 N–H and O–H groups in total. The second kappa shape index (κ2) is 7.54. The van der Waals surface area contributed by atoms with Gasteiger partial charge in [0.25, 0.3) is 0 Å². The number of aryl methyl sites for hydroxylation is 1. The van der Waals surface area contributed by atoms with E-state index in [-0.39, 0.29) is 0 Å². The van der Waals surface area contributed by atoms with Crippen LogP contribution in [-0.2, 0) is 0 Å². The Kier molecular flexibility index (Phi) is 5.45. The van der Waals surface area contributed by atoms with Gasteiger partial charge in [-0.1, -0.05) is 17.7 Å². The van der Waals surface area contributed by atoms with Gasteiger partial charge in [0.2, 0.25) is 5.95 Å². The molecule has 112 valence electrons. The van der Waals surface area contributed by atoms with Crippen LogP contribution in [0.1, 0.15) is 12.0 Å². The summed E-state index contributed by atoms with van der Waals surface area (Å²) in [6.07, 6.45) is 2.69. The first-order valence-electron chi connectivity index (χ1n) is 7.05. The number of nitrogens with one attached hydrogen (secondary N) is 2. The summed E-state index contributed by atoms with van der Waals surface area (Å²) < 4.78 is 0. The highest BCUT2D eigenvalue weighted by Crippen LogP contribution is 2.14. The summed E-state index contributed by atoms with van der Waals surface area (Å²) in [7, 11) is 4.13. The van der Waals surface area contributed by atoms with E-state index < -0.39 is 0 Å². The first-order chi connectivity index (χ1) is 10.1. The maximum Gasteiger partial charge on any atom is 0.249 e. The van der Waals surface area contributed by atoms with E-state index >= 15 is 0 Å². The van der Waals surface area contributed by atoms with Crippen LogP contribution in [0.4, 0.5) is 17.5 Å². The molecule has 0 aliphatic rings. The van der Waals surface area contributed by atoms with E-state index in [1.165, 1.54) is 5.56 Å². The van der Waals surface area contributed by atoms with Crippen molar-refractivity contribution < 1.29 is 0 Å². The zero-order valence-electron chi connectivity index (χ0n) is 12.8. The Morgan fingerprint density at radius 3 is 2.62 bits per heavy atom. The predicted molar refractivity (Wildman–Crippen MR) is 85.9 cm³/mol. The Balaban J connectivity index is 1.89. The highest BCUT2D eigenvalue weighted by Gasteiger charge is 2.01. The highest BCUT2D eigenvalue weighted by atomic mass is 15.3. The lowest BCUT2D eigenvalue weighted by molar-refractivity contribution is 0.405. The monoisotopic (exact) mass is 286 g/mol. The molecule has 6 heteroatoms. The second-order valence-electron chi connectivity index (χ2n) is 5.24. The van der Waals surface area contributed by atoms with E-state index in [2.05, 4.69) is 51.7 Å².